The van der Waals surface area contributed by atoms with E-state index >= 15 is 0 Å². The van der Waals surface area contributed by atoms with E-state index in [2.05, 4.69) is 0 Å². The first-order chi connectivity index (χ1) is 14.2. The van der Waals surface area contributed by atoms with Crippen LogP contribution in [0, 0.1) is 10.4 Å². The molecule has 2 fully saturated rings. The molecular weight excluding hydrogens is 622 g/mol. The molecule has 0 spiro atoms. The number of pyridine rings is 2. The molecule has 30 heavy (non-hydrogen) atoms. The fourth-order valence-corrected chi connectivity index (χ4v) is 2.83. The van der Waals surface area contributed by atoms with Crippen LogP contribution in [0.25, 0.3) is 0 Å². The molecule has 0 saturated carbocycles. The predicted molar refractivity (Wildman–Crippen MR) is 121 cm³/mol. The summed E-state index contributed by atoms with van der Waals surface area (Å²) >= 11 is 3.44. The molecule has 0 aliphatic carbocycles. The van der Waals surface area contributed by atoms with E-state index in [0.29, 0.717) is 25.7 Å². The lowest BCUT2D eigenvalue weighted by Gasteiger charge is -1.97. The molecule has 0 atom stereocenters. The third-order valence-corrected chi connectivity index (χ3v) is 5.51. The Morgan fingerprint density at radius 2 is 0.800 bits per heavy atom. The molecule has 10 nitrogen and oxygen atoms in total. The highest BCUT2D eigenvalue weighted by Gasteiger charge is 2.26. The maximum absolute atomic E-state index is 10.5. The molecule has 0 aromatic carbocycles. The summed E-state index contributed by atoms with van der Waals surface area (Å²) in [6, 6.07) is 10.4. The lowest BCUT2D eigenvalue weighted by Crippen LogP contribution is -2.22. The average molecular weight is 640 g/mol. The number of imide groups is 2. The molecule has 4 rings (SSSR count). The Hall–Kier alpha value is -2.36. The van der Waals surface area contributed by atoms with E-state index in [1.807, 2.05) is 0 Å². The van der Waals surface area contributed by atoms with Gasteiger partial charge in [0.05, 0.1) is 45.7 Å². The molecule has 0 radical (unpaired) electrons. The van der Waals surface area contributed by atoms with Crippen LogP contribution in [0.2, 0.25) is 0 Å². The third kappa shape index (κ3) is 9.91. The lowest BCUT2D eigenvalue weighted by molar-refractivity contribution is -0.605. The van der Waals surface area contributed by atoms with Crippen LogP contribution in [-0.4, -0.2) is 29.9 Å². The van der Waals surface area contributed by atoms with Crippen LogP contribution in [0.15, 0.2) is 61.2 Å². The minimum Gasteiger partial charge on any atom is -0.619 e. The van der Waals surface area contributed by atoms with E-state index in [9.17, 15) is 29.6 Å². The van der Waals surface area contributed by atoms with Crippen LogP contribution < -0.4 is 9.46 Å². The molecule has 4 amide bonds. The number of nitrogens with zero attached hydrogens (tertiary/aromatic N) is 4. The highest BCUT2D eigenvalue weighted by atomic mass is 127. The average Bonchev–Trinajstić information content (AvgIpc) is 3.20. The number of rotatable bonds is 0. The zero-order chi connectivity index (χ0) is 22.5. The second-order valence-electron chi connectivity index (χ2n) is 5.61. The van der Waals surface area contributed by atoms with Gasteiger partial charge in [-0.15, -0.1) is 0 Å². The normalized spacial score (nSPS) is 14.9. The molecule has 12 heteroatoms. The zero-order valence-electron chi connectivity index (χ0n) is 15.6. The van der Waals surface area contributed by atoms with E-state index < -0.39 is 0 Å². The van der Waals surface area contributed by atoms with Gasteiger partial charge in [0.15, 0.2) is 24.8 Å². The molecule has 2 aliphatic heterocycles. The Labute approximate surface area is 200 Å². The number of halogens is 2. The number of amides is 4. The van der Waals surface area contributed by atoms with Crippen LogP contribution in [0.5, 0.6) is 0 Å². The predicted octanol–water partition coefficient (Wildman–Crippen LogP) is 1.61. The Bertz CT molecular complexity index is 751. The Kier molecular flexibility index (Phi) is 11.8. The van der Waals surface area contributed by atoms with Gasteiger partial charge in [0.1, 0.15) is 0 Å². The van der Waals surface area contributed by atoms with Gasteiger partial charge < -0.3 is 10.4 Å². The summed E-state index contributed by atoms with van der Waals surface area (Å²) in [4.78, 5) is 41.9. The van der Waals surface area contributed by atoms with E-state index in [0.717, 1.165) is 15.7 Å². The van der Waals surface area contributed by atoms with Crippen molar-refractivity contribution in [3.63, 3.8) is 0 Å². The van der Waals surface area contributed by atoms with Gasteiger partial charge in [-0.1, -0.05) is 12.1 Å². The number of carbonyl (C=O) groups excluding carboxylic acids is 4. The van der Waals surface area contributed by atoms with Crippen LogP contribution in [0.4, 0.5) is 0 Å². The monoisotopic (exact) mass is 640 g/mol. The fourth-order valence-electron chi connectivity index (χ4n) is 1.86. The fraction of sp³-hybridized carbons (Fsp3) is 0.222. The summed E-state index contributed by atoms with van der Waals surface area (Å²) in [6.45, 7) is 0. The van der Waals surface area contributed by atoms with E-state index in [1.165, 1.54) is 24.8 Å². The van der Waals surface area contributed by atoms with Crippen LogP contribution >= 0.6 is 45.7 Å². The molecule has 2 aromatic rings. The lowest BCUT2D eigenvalue weighted by atomic mass is 10.4. The maximum Gasteiger partial charge on any atom is 0.238 e. The van der Waals surface area contributed by atoms with Crippen LogP contribution in [0.3, 0.4) is 0 Å². The van der Waals surface area contributed by atoms with Crippen LogP contribution in [-0.2, 0) is 19.2 Å². The molecule has 160 valence electrons. The van der Waals surface area contributed by atoms with Gasteiger partial charge in [0, 0.05) is 49.9 Å². The van der Waals surface area contributed by atoms with Crippen molar-refractivity contribution >= 4 is 69.4 Å². The highest BCUT2D eigenvalue weighted by Crippen LogP contribution is 2.15. The second kappa shape index (κ2) is 13.8. The van der Waals surface area contributed by atoms with Gasteiger partial charge in [0.2, 0.25) is 23.6 Å². The highest BCUT2D eigenvalue weighted by molar-refractivity contribution is 14.1. The summed E-state index contributed by atoms with van der Waals surface area (Å²) in [5.41, 5.74) is 0. The first-order valence-electron chi connectivity index (χ1n) is 8.53. The van der Waals surface area contributed by atoms with Crippen molar-refractivity contribution in [3.05, 3.63) is 71.6 Å². The quantitative estimate of drug-likeness (QED) is 0.142. The van der Waals surface area contributed by atoms with Crippen molar-refractivity contribution < 1.29 is 28.6 Å². The van der Waals surface area contributed by atoms with Crippen molar-refractivity contribution in [3.8, 4) is 0 Å². The Morgan fingerprint density at radius 1 is 0.567 bits per heavy atom. The Morgan fingerprint density at radius 3 is 0.900 bits per heavy atom. The van der Waals surface area contributed by atoms with Crippen molar-refractivity contribution in [2.45, 2.75) is 25.7 Å². The van der Waals surface area contributed by atoms with Gasteiger partial charge >= 0.3 is 0 Å². The van der Waals surface area contributed by atoms with Gasteiger partial charge in [-0.3, -0.25) is 19.2 Å². The molecular formula is C18H18I2N4O6. The van der Waals surface area contributed by atoms with Crippen molar-refractivity contribution in [2.75, 3.05) is 0 Å². The topological polar surface area (TPSA) is 129 Å². The number of carbonyl (C=O) groups is 4. The number of hydrogen-bond donors (Lipinski definition) is 0. The van der Waals surface area contributed by atoms with Gasteiger partial charge in [0.25, 0.3) is 0 Å². The third-order valence-electron chi connectivity index (χ3n) is 3.36. The zero-order valence-corrected chi connectivity index (χ0v) is 19.9. The van der Waals surface area contributed by atoms with E-state index in [4.69, 9.17) is 0 Å². The standard InChI is InChI=1S/2C5H5NO.2C4H4INO2/c2*7-6-4-2-1-3-5-6;2*5-6-3(7)1-2-4(6)8/h2*1-5H;2*1-2H2. The summed E-state index contributed by atoms with van der Waals surface area (Å²) in [6.07, 6.45) is 7.34. The van der Waals surface area contributed by atoms with Crippen molar-refractivity contribution in [1.82, 2.24) is 6.23 Å². The first kappa shape index (κ1) is 25.7. The van der Waals surface area contributed by atoms with Gasteiger partial charge in [-0.2, -0.15) is 9.46 Å². The van der Waals surface area contributed by atoms with E-state index in [1.54, 1.807) is 82.1 Å². The maximum atomic E-state index is 10.5. The van der Waals surface area contributed by atoms with E-state index in [-0.39, 0.29) is 23.6 Å². The van der Waals surface area contributed by atoms with Crippen LogP contribution in [0.1, 0.15) is 25.7 Å². The molecule has 2 aromatic heterocycles. The van der Waals surface area contributed by atoms with Crippen molar-refractivity contribution in [2.24, 2.45) is 0 Å². The minimum absolute atomic E-state index is 0.0735. The largest absolute Gasteiger partial charge is 0.619 e. The summed E-state index contributed by atoms with van der Waals surface area (Å²) in [5, 5.41) is 20.4. The summed E-state index contributed by atoms with van der Waals surface area (Å²) in [7, 11) is 0. The number of aromatic nitrogens is 2. The molecule has 0 unspecified atom stereocenters. The Balaban J connectivity index is 0.000000200. The molecule has 0 bridgehead atoms. The second-order valence-corrected chi connectivity index (χ2v) is 7.54. The molecule has 2 saturated heterocycles. The molecule has 2 aliphatic rings. The van der Waals surface area contributed by atoms with Crippen molar-refractivity contribution in [1.29, 1.82) is 0 Å². The molecule has 0 N–H and O–H groups in total. The van der Waals surface area contributed by atoms with Gasteiger partial charge in [-0.05, 0) is 0 Å². The molecule has 4 heterocycles. The smallest absolute Gasteiger partial charge is 0.238 e. The summed E-state index contributed by atoms with van der Waals surface area (Å²) in [5.74, 6) is -0.294. The summed E-state index contributed by atoms with van der Waals surface area (Å²) < 4.78 is 3.77. The number of hydrogen-bond acceptors (Lipinski definition) is 6. The minimum atomic E-state index is -0.0735. The SMILES string of the molecule is O=C1CCC(=O)N1I.O=C1CCC(=O)N1I.[O-][n+]1ccccc1.[O-][n+]1ccccc1. The first-order valence-corrected chi connectivity index (χ1v) is 10.5. The van der Waals surface area contributed by atoms with Gasteiger partial charge in [-0.25, -0.2) is 6.23 Å².